The molecule has 2 heterocycles. The van der Waals surface area contributed by atoms with Gasteiger partial charge in [-0.2, -0.15) is 5.10 Å². The van der Waals surface area contributed by atoms with Crippen LogP contribution in [0, 0.1) is 0 Å². The number of carbonyl (C=O) groups is 1. The lowest BCUT2D eigenvalue weighted by atomic mass is 10.2. The van der Waals surface area contributed by atoms with Crippen molar-refractivity contribution in [1.29, 1.82) is 0 Å². The molecule has 0 atom stereocenters. The van der Waals surface area contributed by atoms with E-state index in [1.54, 1.807) is 4.68 Å². The van der Waals surface area contributed by atoms with Crippen molar-refractivity contribution in [3.05, 3.63) is 78.4 Å². The second-order valence-corrected chi connectivity index (χ2v) is 7.51. The van der Waals surface area contributed by atoms with Gasteiger partial charge in [-0.25, -0.2) is 9.67 Å². The van der Waals surface area contributed by atoms with Crippen LogP contribution in [0.4, 0.5) is 0 Å². The van der Waals surface area contributed by atoms with Crippen molar-refractivity contribution >= 4 is 16.9 Å². The highest BCUT2D eigenvalue weighted by atomic mass is 16.2. The first-order valence-electron chi connectivity index (χ1n) is 10.1. The summed E-state index contributed by atoms with van der Waals surface area (Å²) in [6.07, 6.45) is 5.01. The molecule has 1 fully saturated rings. The highest BCUT2D eigenvalue weighted by Crippen LogP contribution is 2.39. The summed E-state index contributed by atoms with van der Waals surface area (Å²) in [5, 5.41) is 7.77. The zero-order valence-electron chi connectivity index (χ0n) is 16.2. The van der Waals surface area contributed by atoms with Crippen LogP contribution in [-0.2, 0) is 6.54 Å². The molecule has 0 radical (unpaired) electrons. The first-order valence-corrected chi connectivity index (χ1v) is 10.1. The van der Waals surface area contributed by atoms with Gasteiger partial charge in [0.2, 0.25) is 0 Å². The molecule has 0 spiro atoms. The maximum absolute atomic E-state index is 12.9. The Morgan fingerprint density at radius 2 is 1.86 bits per heavy atom. The zero-order chi connectivity index (χ0) is 19.6. The molecule has 0 aliphatic heterocycles. The van der Waals surface area contributed by atoms with Crippen molar-refractivity contribution < 1.29 is 4.79 Å². The van der Waals surface area contributed by atoms with E-state index in [9.17, 15) is 4.79 Å². The summed E-state index contributed by atoms with van der Waals surface area (Å²) in [5.74, 6) is 0.421. The number of para-hydroxylation sites is 3. The Bertz CT molecular complexity index is 1140. The standard InChI is InChI=1S/C23H23N5O/c29-23(24-13-6-14-27-16-25-19-9-4-5-10-21(19)27)22-15-20(17-11-12-17)26-28(22)18-7-2-1-3-8-18/h1-5,7-10,15-17H,6,11-14H2,(H,24,29). The summed E-state index contributed by atoms with van der Waals surface area (Å²) >= 11 is 0. The predicted octanol–water partition coefficient (Wildman–Crippen LogP) is 3.92. The molecule has 1 amide bonds. The van der Waals surface area contributed by atoms with Gasteiger partial charge in [-0.1, -0.05) is 30.3 Å². The Morgan fingerprint density at radius 3 is 2.69 bits per heavy atom. The van der Waals surface area contributed by atoms with E-state index < -0.39 is 0 Å². The molecule has 5 rings (SSSR count). The minimum Gasteiger partial charge on any atom is -0.351 e. The number of aryl methyl sites for hydroxylation is 1. The van der Waals surface area contributed by atoms with Crippen LogP contribution in [0.5, 0.6) is 0 Å². The van der Waals surface area contributed by atoms with Gasteiger partial charge >= 0.3 is 0 Å². The van der Waals surface area contributed by atoms with Gasteiger partial charge in [0.05, 0.1) is 28.7 Å². The maximum atomic E-state index is 12.9. The van der Waals surface area contributed by atoms with E-state index >= 15 is 0 Å². The fourth-order valence-electron chi connectivity index (χ4n) is 3.64. The Balaban J connectivity index is 1.26. The van der Waals surface area contributed by atoms with E-state index in [2.05, 4.69) is 20.9 Å². The quantitative estimate of drug-likeness (QED) is 0.491. The minimum atomic E-state index is -0.0799. The number of carbonyl (C=O) groups excluding carboxylic acids is 1. The van der Waals surface area contributed by atoms with Gasteiger partial charge in [0, 0.05) is 19.0 Å². The van der Waals surface area contributed by atoms with Crippen LogP contribution in [0.15, 0.2) is 67.0 Å². The lowest BCUT2D eigenvalue weighted by molar-refractivity contribution is 0.0945. The minimum absolute atomic E-state index is 0.0799. The molecule has 6 nitrogen and oxygen atoms in total. The van der Waals surface area contributed by atoms with Crippen molar-refractivity contribution in [2.45, 2.75) is 31.7 Å². The van der Waals surface area contributed by atoms with Gasteiger partial charge in [-0.05, 0) is 49.6 Å². The van der Waals surface area contributed by atoms with E-state index in [1.165, 1.54) is 0 Å². The molecule has 0 bridgehead atoms. The third-order valence-corrected chi connectivity index (χ3v) is 5.35. The molecule has 2 aromatic carbocycles. The van der Waals surface area contributed by atoms with E-state index in [0.717, 1.165) is 48.2 Å². The zero-order valence-corrected chi connectivity index (χ0v) is 16.2. The van der Waals surface area contributed by atoms with E-state index in [-0.39, 0.29) is 5.91 Å². The largest absolute Gasteiger partial charge is 0.351 e. The summed E-state index contributed by atoms with van der Waals surface area (Å²) < 4.78 is 3.90. The second kappa shape index (κ2) is 7.54. The summed E-state index contributed by atoms with van der Waals surface area (Å²) in [6, 6.07) is 19.9. The molecule has 2 aromatic heterocycles. The van der Waals surface area contributed by atoms with Crippen LogP contribution in [0.2, 0.25) is 0 Å². The van der Waals surface area contributed by atoms with Gasteiger partial charge in [-0.15, -0.1) is 0 Å². The van der Waals surface area contributed by atoms with Gasteiger partial charge < -0.3 is 9.88 Å². The van der Waals surface area contributed by atoms with E-state index in [1.807, 2.05) is 60.9 Å². The van der Waals surface area contributed by atoms with Gasteiger partial charge in [-0.3, -0.25) is 4.79 Å². The number of imidazole rings is 1. The normalized spacial score (nSPS) is 13.7. The van der Waals surface area contributed by atoms with Gasteiger partial charge in [0.1, 0.15) is 5.69 Å². The monoisotopic (exact) mass is 385 g/mol. The average Bonchev–Trinajstić information content (AvgIpc) is 3.38. The SMILES string of the molecule is O=C(NCCCn1cnc2ccccc21)c1cc(C2CC2)nn1-c1ccccc1. The maximum Gasteiger partial charge on any atom is 0.270 e. The molecule has 146 valence electrons. The summed E-state index contributed by atoms with van der Waals surface area (Å²) in [7, 11) is 0. The second-order valence-electron chi connectivity index (χ2n) is 7.51. The molecule has 29 heavy (non-hydrogen) atoms. The van der Waals surface area contributed by atoms with Crippen molar-refractivity contribution in [2.24, 2.45) is 0 Å². The molecule has 4 aromatic rings. The topological polar surface area (TPSA) is 64.7 Å². The summed E-state index contributed by atoms with van der Waals surface area (Å²) in [4.78, 5) is 17.3. The van der Waals surface area contributed by atoms with Crippen LogP contribution >= 0.6 is 0 Å². The number of rotatable bonds is 7. The summed E-state index contributed by atoms with van der Waals surface area (Å²) in [5.41, 5.74) is 4.65. The van der Waals surface area contributed by atoms with E-state index in [4.69, 9.17) is 5.10 Å². The third kappa shape index (κ3) is 3.66. The molecule has 1 aliphatic carbocycles. The average molecular weight is 385 g/mol. The number of nitrogens with one attached hydrogen (secondary N) is 1. The van der Waals surface area contributed by atoms with Crippen molar-refractivity contribution in [1.82, 2.24) is 24.6 Å². The molecule has 6 heteroatoms. The highest BCUT2D eigenvalue weighted by Gasteiger charge is 2.28. The number of amides is 1. The Morgan fingerprint density at radius 1 is 1.07 bits per heavy atom. The molecule has 1 aliphatic rings. The molecule has 1 N–H and O–H groups in total. The molecule has 0 saturated heterocycles. The van der Waals surface area contributed by atoms with Gasteiger partial charge in [0.15, 0.2) is 0 Å². The van der Waals surface area contributed by atoms with Crippen LogP contribution in [0.1, 0.15) is 41.4 Å². The molecule has 0 unspecified atom stereocenters. The van der Waals surface area contributed by atoms with Crippen molar-refractivity contribution in [3.63, 3.8) is 0 Å². The lowest BCUT2D eigenvalue weighted by Crippen LogP contribution is -2.27. The molecule has 1 saturated carbocycles. The highest BCUT2D eigenvalue weighted by molar-refractivity contribution is 5.93. The van der Waals surface area contributed by atoms with Crippen LogP contribution in [0.3, 0.4) is 0 Å². The van der Waals surface area contributed by atoms with Crippen molar-refractivity contribution in [3.8, 4) is 5.69 Å². The lowest BCUT2D eigenvalue weighted by Gasteiger charge is -2.09. The predicted molar refractivity (Wildman–Crippen MR) is 112 cm³/mol. The first-order chi connectivity index (χ1) is 14.3. The Kier molecular flexibility index (Phi) is 4.60. The Hall–Kier alpha value is -3.41. The number of benzene rings is 2. The molecular formula is C23H23N5O. The third-order valence-electron chi connectivity index (χ3n) is 5.35. The fourth-order valence-corrected chi connectivity index (χ4v) is 3.64. The number of aromatic nitrogens is 4. The number of nitrogens with zero attached hydrogens (tertiary/aromatic N) is 4. The first kappa shape index (κ1) is 17.7. The van der Waals surface area contributed by atoms with Gasteiger partial charge in [0.25, 0.3) is 5.91 Å². The van der Waals surface area contributed by atoms with E-state index in [0.29, 0.717) is 18.2 Å². The fraction of sp³-hybridized carbons (Fsp3) is 0.261. The Labute approximate surface area is 169 Å². The number of fused-ring (bicyclic) bond motifs is 1. The van der Waals surface area contributed by atoms with Crippen LogP contribution < -0.4 is 5.32 Å². The number of hydrogen-bond acceptors (Lipinski definition) is 3. The number of hydrogen-bond donors (Lipinski definition) is 1. The summed E-state index contributed by atoms with van der Waals surface area (Å²) in [6.45, 7) is 1.41. The smallest absolute Gasteiger partial charge is 0.270 e. The molecular weight excluding hydrogens is 362 g/mol. The van der Waals surface area contributed by atoms with Crippen LogP contribution in [-0.4, -0.2) is 31.8 Å². The van der Waals surface area contributed by atoms with Crippen LogP contribution in [0.25, 0.3) is 16.7 Å². The van der Waals surface area contributed by atoms with Crippen molar-refractivity contribution in [2.75, 3.05) is 6.54 Å².